The van der Waals surface area contributed by atoms with E-state index >= 15 is 0 Å². The monoisotopic (exact) mass is 662 g/mol. The third kappa shape index (κ3) is 32.8. The Balaban J connectivity index is 4.03. The van der Waals surface area contributed by atoms with E-state index in [1.807, 2.05) is 0 Å². The number of hydrogen-bond acceptors (Lipinski definition) is 7. The van der Waals surface area contributed by atoms with Crippen LogP contribution in [0.4, 0.5) is 0 Å². The summed E-state index contributed by atoms with van der Waals surface area (Å²) in [6.45, 7) is 3.89. The molecule has 0 saturated carbocycles. The van der Waals surface area contributed by atoms with Crippen LogP contribution in [0.2, 0.25) is 0 Å². The van der Waals surface area contributed by atoms with Gasteiger partial charge in [-0.1, -0.05) is 168 Å². The average Bonchev–Trinajstić information content (AvgIpc) is 3.03. The van der Waals surface area contributed by atoms with Crippen molar-refractivity contribution in [3.8, 4) is 0 Å². The van der Waals surface area contributed by atoms with E-state index in [2.05, 4.69) is 18.4 Å². The molecule has 0 aromatic rings. The van der Waals surface area contributed by atoms with E-state index in [1.165, 1.54) is 128 Å². The Morgan fingerprint density at radius 1 is 0.533 bits per heavy atom. The van der Waals surface area contributed by atoms with Crippen molar-refractivity contribution in [3.63, 3.8) is 0 Å². The van der Waals surface area contributed by atoms with Crippen molar-refractivity contribution in [3.05, 3.63) is 0 Å². The van der Waals surface area contributed by atoms with E-state index < -0.39 is 26.5 Å². The minimum Gasteiger partial charge on any atom is -0.462 e. The summed E-state index contributed by atoms with van der Waals surface area (Å²) in [6, 6.07) is 0. The quantitative estimate of drug-likeness (QED) is 0.0406. The molecule has 268 valence electrons. The van der Waals surface area contributed by atoms with Gasteiger partial charge in [-0.3, -0.25) is 18.6 Å². The second-order valence-electron chi connectivity index (χ2n) is 12.7. The summed E-state index contributed by atoms with van der Waals surface area (Å²) >= 11 is 0. The van der Waals surface area contributed by atoms with Crippen LogP contribution < -0.4 is 0 Å². The third-order valence-corrected chi connectivity index (χ3v) is 9.29. The molecule has 8 nitrogen and oxygen atoms in total. The van der Waals surface area contributed by atoms with Crippen LogP contribution in [0, 0.1) is 0 Å². The summed E-state index contributed by atoms with van der Waals surface area (Å²) in [5.74, 6) is -0.793. The van der Waals surface area contributed by atoms with Crippen molar-refractivity contribution in [2.24, 2.45) is 0 Å². The van der Waals surface area contributed by atoms with E-state index in [-0.39, 0.29) is 19.0 Å². The summed E-state index contributed by atoms with van der Waals surface area (Å²) in [6.07, 6.45) is 31.5. The van der Waals surface area contributed by atoms with Crippen LogP contribution in [-0.2, 0) is 32.7 Å². The normalized spacial score (nSPS) is 13.4. The first-order valence-corrected chi connectivity index (χ1v) is 20.2. The van der Waals surface area contributed by atoms with Crippen molar-refractivity contribution in [2.75, 3.05) is 20.3 Å². The molecular formula is C36H71O8P. The Bertz CT molecular complexity index is 717. The highest BCUT2D eigenvalue weighted by Gasteiger charge is 2.24. The van der Waals surface area contributed by atoms with Gasteiger partial charge in [0.05, 0.1) is 6.61 Å². The molecule has 45 heavy (non-hydrogen) atoms. The first-order chi connectivity index (χ1) is 21.8. The lowest BCUT2D eigenvalue weighted by Crippen LogP contribution is -2.29. The predicted octanol–water partition coefficient (Wildman–Crippen LogP) is 11.2. The molecule has 0 spiro atoms. The highest BCUT2D eigenvalue weighted by atomic mass is 31.2. The molecule has 0 saturated heterocycles. The number of phosphoric acid groups is 1. The molecule has 0 aliphatic heterocycles. The summed E-state index contributed by atoms with van der Waals surface area (Å²) in [5.41, 5.74) is 0. The van der Waals surface area contributed by atoms with E-state index in [9.17, 15) is 19.0 Å². The molecular weight excluding hydrogens is 591 g/mol. The third-order valence-electron chi connectivity index (χ3n) is 8.35. The van der Waals surface area contributed by atoms with Crippen molar-refractivity contribution in [1.82, 2.24) is 0 Å². The number of phosphoric ester groups is 1. The number of carbonyl (C=O) groups excluding carboxylic acids is 2. The Hall–Kier alpha value is -0.950. The molecule has 1 N–H and O–H groups in total. The number of esters is 2. The molecule has 9 heteroatoms. The summed E-state index contributed by atoms with van der Waals surface area (Å²) in [7, 11) is -3.18. The van der Waals surface area contributed by atoms with E-state index in [0.717, 1.165) is 45.6 Å². The van der Waals surface area contributed by atoms with Crippen LogP contribution in [0.5, 0.6) is 0 Å². The maximum Gasteiger partial charge on any atom is 0.472 e. The molecule has 0 aliphatic rings. The smallest absolute Gasteiger partial charge is 0.462 e. The van der Waals surface area contributed by atoms with Crippen LogP contribution in [0.15, 0.2) is 0 Å². The summed E-state index contributed by atoms with van der Waals surface area (Å²) in [5, 5.41) is 0. The van der Waals surface area contributed by atoms with Gasteiger partial charge in [0.25, 0.3) is 0 Å². The first-order valence-electron chi connectivity index (χ1n) is 18.7. The molecule has 0 aliphatic carbocycles. The summed E-state index contributed by atoms with van der Waals surface area (Å²) < 4.78 is 31.8. The van der Waals surface area contributed by atoms with Gasteiger partial charge in [-0.2, -0.15) is 0 Å². The van der Waals surface area contributed by atoms with E-state index in [4.69, 9.17) is 14.0 Å². The maximum atomic E-state index is 12.4. The van der Waals surface area contributed by atoms with Crippen molar-refractivity contribution < 1.29 is 37.6 Å². The lowest BCUT2D eigenvalue weighted by atomic mass is 10.0. The van der Waals surface area contributed by atoms with Gasteiger partial charge in [-0.15, -0.1) is 0 Å². The fraction of sp³-hybridized carbons (Fsp3) is 0.944. The number of ether oxygens (including phenoxy) is 2. The van der Waals surface area contributed by atoms with E-state index in [1.54, 1.807) is 0 Å². The lowest BCUT2D eigenvalue weighted by Gasteiger charge is -2.19. The Morgan fingerprint density at radius 2 is 0.867 bits per heavy atom. The van der Waals surface area contributed by atoms with Gasteiger partial charge in [0, 0.05) is 20.0 Å². The molecule has 0 rings (SSSR count). The Labute approximate surface area is 277 Å². The van der Waals surface area contributed by atoms with Gasteiger partial charge in [-0.25, -0.2) is 4.57 Å². The SMILES string of the molecule is CCCCCCCCCCCCCCCCC(=O)OC(COC(=O)CCCCCCCCCCCCCC)COP(=O)(O)OC. The van der Waals surface area contributed by atoms with Crippen molar-refractivity contribution in [2.45, 2.75) is 200 Å². The highest BCUT2D eigenvalue weighted by Crippen LogP contribution is 2.42. The number of carbonyl (C=O) groups is 2. The zero-order chi connectivity index (χ0) is 33.3. The minimum absolute atomic E-state index is 0.217. The molecule has 0 radical (unpaired) electrons. The molecule has 2 atom stereocenters. The fourth-order valence-electron chi connectivity index (χ4n) is 5.42. The van der Waals surface area contributed by atoms with Gasteiger partial charge in [-0.05, 0) is 12.8 Å². The van der Waals surface area contributed by atoms with Gasteiger partial charge in [0.2, 0.25) is 0 Å². The van der Waals surface area contributed by atoms with Gasteiger partial charge in [0.15, 0.2) is 6.10 Å². The molecule has 0 fully saturated rings. The topological polar surface area (TPSA) is 108 Å². The molecule has 0 aromatic carbocycles. The Morgan fingerprint density at radius 3 is 1.22 bits per heavy atom. The predicted molar refractivity (Wildman–Crippen MR) is 184 cm³/mol. The standard InChI is InChI=1S/C36H71O8P/c1-4-6-8-10-12-14-16-18-19-21-23-25-27-29-31-36(38)44-34(33-43-45(39,40)41-3)32-42-35(37)30-28-26-24-22-20-17-15-13-11-9-7-5-2/h34H,4-33H2,1-3H3,(H,39,40). The Kier molecular flexibility index (Phi) is 32.3. The largest absolute Gasteiger partial charge is 0.472 e. The van der Waals surface area contributed by atoms with Crippen LogP contribution in [0.1, 0.15) is 194 Å². The molecule has 0 amide bonds. The van der Waals surface area contributed by atoms with E-state index in [0.29, 0.717) is 6.42 Å². The van der Waals surface area contributed by atoms with Gasteiger partial charge in [0.1, 0.15) is 6.61 Å². The summed E-state index contributed by atoms with van der Waals surface area (Å²) in [4.78, 5) is 34.3. The zero-order valence-corrected chi connectivity index (χ0v) is 30.4. The van der Waals surface area contributed by atoms with Crippen LogP contribution in [0.25, 0.3) is 0 Å². The average molecular weight is 663 g/mol. The molecule has 0 aromatic heterocycles. The number of unbranched alkanes of at least 4 members (excludes halogenated alkanes) is 24. The molecule has 2 unspecified atom stereocenters. The zero-order valence-electron chi connectivity index (χ0n) is 29.5. The van der Waals surface area contributed by atoms with Crippen molar-refractivity contribution in [1.29, 1.82) is 0 Å². The second kappa shape index (κ2) is 33.0. The maximum absolute atomic E-state index is 12.4. The van der Waals surface area contributed by atoms with Gasteiger partial charge >= 0.3 is 19.8 Å². The first kappa shape index (κ1) is 44.0. The lowest BCUT2D eigenvalue weighted by molar-refractivity contribution is -0.161. The van der Waals surface area contributed by atoms with Crippen LogP contribution in [0.3, 0.4) is 0 Å². The van der Waals surface area contributed by atoms with Gasteiger partial charge < -0.3 is 14.4 Å². The molecule has 0 heterocycles. The number of rotatable bonds is 35. The minimum atomic E-state index is -4.24. The fourth-order valence-corrected chi connectivity index (χ4v) is 5.88. The highest BCUT2D eigenvalue weighted by molar-refractivity contribution is 7.47. The second-order valence-corrected chi connectivity index (χ2v) is 14.3. The molecule has 0 bridgehead atoms. The van der Waals surface area contributed by atoms with Crippen LogP contribution in [-0.4, -0.2) is 43.3 Å². The van der Waals surface area contributed by atoms with Crippen molar-refractivity contribution >= 4 is 19.8 Å². The van der Waals surface area contributed by atoms with Crippen LogP contribution >= 0.6 is 7.82 Å². The number of hydrogen-bond donors (Lipinski definition) is 1.